The first-order valence-corrected chi connectivity index (χ1v) is 10.1. The molecule has 0 fully saturated rings. The third-order valence-electron chi connectivity index (χ3n) is 4.69. The lowest BCUT2D eigenvalue weighted by molar-refractivity contribution is -0.173. The maximum Gasteiger partial charge on any atom is 0.410 e. The van der Waals surface area contributed by atoms with E-state index < -0.39 is 24.2 Å². The third-order valence-corrected chi connectivity index (χ3v) is 6.04. The van der Waals surface area contributed by atoms with Crippen LogP contribution in [-0.2, 0) is 6.54 Å². The van der Waals surface area contributed by atoms with Gasteiger partial charge in [0.1, 0.15) is 10.8 Å². The Hall–Kier alpha value is -2.52. The van der Waals surface area contributed by atoms with Gasteiger partial charge in [-0.2, -0.15) is 18.3 Å². The first-order valence-electron chi connectivity index (χ1n) is 8.81. The number of thiophene rings is 1. The lowest BCUT2D eigenvalue weighted by Crippen LogP contribution is -2.35. The molecule has 10 heteroatoms. The number of rotatable bonds is 4. The van der Waals surface area contributed by atoms with Crippen molar-refractivity contribution in [3.05, 3.63) is 69.0 Å². The van der Waals surface area contributed by atoms with Gasteiger partial charge in [-0.1, -0.05) is 48.0 Å². The monoisotopic (exact) mass is 440 g/mol. The minimum atomic E-state index is -4.53. The first kappa shape index (κ1) is 19.8. The number of nitrogens with one attached hydrogen (secondary N) is 2. The maximum atomic E-state index is 13.7. The van der Waals surface area contributed by atoms with Crippen LogP contribution in [0.15, 0.2) is 47.8 Å². The Kier molecular flexibility index (Phi) is 5.26. The highest BCUT2D eigenvalue weighted by Gasteiger charge is 2.48. The molecule has 0 spiro atoms. The van der Waals surface area contributed by atoms with Crippen molar-refractivity contribution in [1.29, 1.82) is 0 Å². The molecule has 1 aliphatic heterocycles. The van der Waals surface area contributed by atoms with Crippen LogP contribution in [-0.4, -0.2) is 21.9 Å². The molecular formula is C19H16ClF3N4OS. The van der Waals surface area contributed by atoms with Gasteiger partial charge in [-0.05, 0) is 17.0 Å². The van der Waals surface area contributed by atoms with Gasteiger partial charge in [-0.25, -0.2) is 4.68 Å². The van der Waals surface area contributed by atoms with E-state index in [9.17, 15) is 18.0 Å². The summed E-state index contributed by atoms with van der Waals surface area (Å²) < 4.78 is 41.9. The zero-order valence-electron chi connectivity index (χ0n) is 14.9. The largest absolute Gasteiger partial charge is 0.410 e. The number of aromatic nitrogens is 2. The molecule has 2 N–H and O–H groups in total. The molecule has 1 amide bonds. The fraction of sp³-hybridized carbons (Fsp3) is 0.263. The summed E-state index contributed by atoms with van der Waals surface area (Å²) >= 11 is 7.65. The minimum absolute atomic E-state index is 0.00324. The van der Waals surface area contributed by atoms with Crippen molar-refractivity contribution in [1.82, 2.24) is 15.1 Å². The Morgan fingerprint density at radius 2 is 2.03 bits per heavy atom. The number of benzene rings is 1. The summed E-state index contributed by atoms with van der Waals surface area (Å²) in [7, 11) is 0. The normalized spacial score (nSPS) is 18.8. The molecule has 0 saturated carbocycles. The fourth-order valence-corrected chi connectivity index (χ4v) is 4.33. The van der Waals surface area contributed by atoms with Crippen molar-refractivity contribution in [2.45, 2.75) is 31.2 Å². The number of fused-ring (bicyclic) bond motifs is 1. The molecule has 0 radical (unpaired) electrons. The highest BCUT2D eigenvalue weighted by atomic mass is 35.5. The molecule has 29 heavy (non-hydrogen) atoms. The van der Waals surface area contributed by atoms with Crippen LogP contribution in [0.1, 0.15) is 39.4 Å². The van der Waals surface area contributed by atoms with Gasteiger partial charge >= 0.3 is 6.18 Å². The molecule has 0 bridgehead atoms. The maximum absolute atomic E-state index is 13.7. The van der Waals surface area contributed by atoms with Gasteiger partial charge in [0.05, 0.1) is 6.04 Å². The number of amides is 1. The fourth-order valence-electron chi connectivity index (χ4n) is 3.27. The van der Waals surface area contributed by atoms with Gasteiger partial charge in [0.2, 0.25) is 0 Å². The number of halogens is 4. The van der Waals surface area contributed by atoms with Crippen molar-refractivity contribution in [3.63, 3.8) is 0 Å². The van der Waals surface area contributed by atoms with E-state index in [1.54, 1.807) is 17.5 Å². The van der Waals surface area contributed by atoms with Crippen LogP contribution >= 0.6 is 22.9 Å². The second-order valence-corrected chi connectivity index (χ2v) is 7.99. The van der Waals surface area contributed by atoms with Crippen molar-refractivity contribution in [3.8, 4) is 0 Å². The van der Waals surface area contributed by atoms with Gasteiger partial charge in [-0.15, -0.1) is 11.3 Å². The Balaban J connectivity index is 1.63. The van der Waals surface area contributed by atoms with E-state index in [1.807, 2.05) is 30.3 Å². The standard InChI is InChI=1S/C19H16ClF3N4OS/c20-15-16(18(28)24-10-11-5-2-1-3-6-11)26-27-14(19(21,22)23)9-12(25-17(15)27)13-7-4-8-29-13/h1-8,12,14,25H,9-10H2,(H,24,28). The van der Waals surface area contributed by atoms with Crippen molar-refractivity contribution in [2.24, 2.45) is 0 Å². The number of carbonyl (C=O) groups is 1. The number of hydrogen-bond acceptors (Lipinski definition) is 4. The molecule has 5 nitrogen and oxygen atoms in total. The topological polar surface area (TPSA) is 59.0 Å². The van der Waals surface area contributed by atoms with Crippen LogP contribution in [0, 0.1) is 0 Å². The van der Waals surface area contributed by atoms with E-state index in [0.717, 1.165) is 15.1 Å². The highest BCUT2D eigenvalue weighted by Crippen LogP contribution is 2.46. The van der Waals surface area contributed by atoms with E-state index in [-0.39, 0.29) is 29.5 Å². The quantitative estimate of drug-likeness (QED) is 0.587. The summed E-state index contributed by atoms with van der Waals surface area (Å²) in [6.07, 6.45) is -4.76. The van der Waals surface area contributed by atoms with Crippen molar-refractivity contribution < 1.29 is 18.0 Å². The predicted octanol–water partition coefficient (Wildman–Crippen LogP) is 5.19. The zero-order valence-corrected chi connectivity index (χ0v) is 16.5. The summed E-state index contributed by atoms with van der Waals surface area (Å²) in [4.78, 5) is 13.3. The van der Waals surface area contributed by atoms with Gasteiger partial charge in [0, 0.05) is 17.8 Å². The summed E-state index contributed by atoms with van der Waals surface area (Å²) in [5.41, 5.74) is 0.621. The van der Waals surface area contributed by atoms with E-state index >= 15 is 0 Å². The van der Waals surface area contributed by atoms with Crippen molar-refractivity contribution in [2.75, 3.05) is 5.32 Å². The molecule has 2 unspecified atom stereocenters. The Bertz CT molecular complexity index is 1000. The molecule has 3 heterocycles. The third kappa shape index (κ3) is 3.97. The van der Waals surface area contributed by atoms with Crippen LogP contribution in [0.2, 0.25) is 5.02 Å². The van der Waals surface area contributed by atoms with Gasteiger partial charge in [0.15, 0.2) is 11.7 Å². The number of anilines is 1. The number of carbonyl (C=O) groups excluding carboxylic acids is 1. The lowest BCUT2D eigenvalue weighted by Gasteiger charge is -2.32. The molecule has 1 aliphatic rings. The molecule has 2 aromatic heterocycles. The molecule has 1 aromatic carbocycles. The Morgan fingerprint density at radius 1 is 1.28 bits per heavy atom. The van der Waals surface area contributed by atoms with Crippen LogP contribution in [0.4, 0.5) is 19.0 Å². The summed E-state index contributed by atoms with van der Waals surface area (Å²) in [5, 5.41) is 11.3. The first-order chi connectivity index (χ1) is 13.8. The Morgan fingerprint density at radius 3 is 2.69 bits per heavy atom. The van der Waals surface area contributed by atoms with Crippen LogP contribution < -0.4 is 10.6 Å². The van der Waals surface area contributed by atoms with E-state index in [4.69, 9.17) is 11.6 Å². The van der Waals surface area contributed by atoms with E-state index in [0.29, 0.717) is 0 Å². The second kappa shape index (κ2) is 7.72. The molecule has 3 aromatic rings. The lowest BCUT2D eigenvalue weighted by atomic mass is 10.0. The molecule has 2 atom stereocenters. The summed E-state index contributed by atoms with van der Waals surface area (Å²) in [6.45, 7) is 0.214. The SMILES string of the molecule is O=C(NCc1ccccc1)c1nn2c(c1Cl)NC(c1cccs1)CC2C(F)(F)F. The smallest absolute Gasteiger partial charge is 0.361 e. The Labute approximate surface area is 173 Å². The summed E-state index contributed by atoms with van der Waals surface area (Å²) in [6, 6.07) is 10.3. The second-order valence-electron chi connectivity index (χ2n) is 6.63. The minimum Gasteiger partial charge on any atom is -0.361 e. The molecule has 152 valence electrons. The van der Waals surface area contributed by atoms with Crippen molar-refractivity contribution >= 4 is 34.7 Å². The van der Waals surface area contributed by atoms with E-state index in [2.05, 4.69) is 15.7 Å². The number of nitrogens with zero attached hydrogens (tertiary/aromatic N) is 2. The number of hydrogen-bond donors (Lipinski definition) is 2. The average Bonchev–Trinajstić information content (AvgIpc) is 3.34. The van der Waals surface area contributed by atoms with Crippen LogP contribution in [0.3, 0.4) is 0 Å². The molecular weight excluding hydrogens is 425 g/mol. The predicted molar refractivity (Wildman–Crippen MR) is 105 cm³/mol. The highest BCUT2D eigenvalue weighted by molar-refractivity contribution is 7.10. The van der Waals surface area contributed by atoms with Gasteiger partial charge < -0.3 is 10.6 Å². The van der Waals surface area contributed by atoms with E-state index in [1.165, 1.54) is 11.3 Å². The van der Waals surface area contributed by atoms with Crippen LogP contribution in [0.25, 0.3) is 0 Å². The molecule has 4 rings (SSSR count). The zero-order chi connectivity index (χ0) is 20.6. The molecule has 0 aliphatic carbocycles. The summed E-state index contributed by atoms with van der Waals surface area (Å²) in [5.74, 6) is -0.625. The van der Waals surface area contributed by atoms with Gasteiger partial charge in [0.25, 0.3) is 5.91 Å². The van der Waals surface area contributed by atoms with Crippen LogP contribution in [0.5, 0.6) is 0 Å². The van der Waals surface area contributed by atoms with Gasteiger partial charge in [-0.3, -0.25) is 4.79 Å². The average molecular weight is 441 g/mol. The number of alkyl halides is 3. The molecule has 0 saturated heterocycles.